The molecule has 0 aliphatic heterocycles. The van der Waals surface area contributed by atoms with Crippen LogP contribution in [0.25, 0.3) is 0 Å². The van der Waals surface area contributed by atoms with Gasteiger partial charge < -0.3 is 5.32 Å². The van der Waals surface area contributed by atoms with Crippen LogP contribution in [-0.4, -0.2) is 17.7 Å². The van der Waals surface area contributed by atoms with Crippen LogP contribution in [-0.2, 0) is 4.79 Å². The van der Waals surface area contributed by atoms with Gasteiger partial charge in [0.1, 0.15) is 0 Å². The summed E-state index contributed by atoms with van der Waals surface area (Å²) in [6, 6.07) is 0. The molecule has 2 nitrogen and oxygen atoms in total. The van der Waals surface area contributed by atoms with Crippen LogP contribution in [0.2, 0.25) is 0 Å². The van der Waals surface area contributed by atoms with Gasteiger partial charge in [0.2, 0.25) is 0 Å². The third kappa shape index (κ3) is 13.8. The Labute approximate surface area is 184 Å². The minimum atomic E-state index is 0.270. The number of ketones is 1. The highest BCUT2D eigenvalue weighted by Gasteiger charge is 2.25. The molecule has 0 heterocycles. The fourth-order valence-corrected chi connectivity index (χ4v) is 4.46. The average molecular weight is 459 g/mol. The van der Waals surface area contributed by atoms with Gasteiger partial charge in [0.05, 0.1) is 0 Å². The van der Waals surface area contributed by atoms with Gasteiger partial charge in [-0.2, -0.15) is 0 Å². The number of rotatable bonds is 14. The van der Waals surface area contributed by atoms with E-state index in [-0.39, 0.29) is 5.78 Å². The molecule has 3 heteroatoms. The number of alkyl halides is 1. The summed E-state index contributed by atoms with van der Waals surface area (Å²) >= 11 is 3.49. The Balaban J connectivity index is 0.00000352. The maximum Gasteiger partial charge on any atom is 0.157 e. The van der Waals surface area contributed by atoms with Crippen molar-refractivity contribution in [3.63, 3.8) is 0 Å². The molecule has 1 fully saturated rings. The topological polar surface area (TPSA) is 29.1 Å². The number of hydrogen-bond donors (Lipinski definition) is 1. The zero-order valence-electron chi connectivity index (χ0n) is 19.7. The van der Waals surface area contributed by atoms with Crippen molar-refractivity contribution in [2.75, 3.05) is 11.9 Å². The van der Waals surface area contributed by atoms with Crippen molar-refractivity contribution in [2.45, 2.75) is 106 Å². The molecule has 0 aromatic carbocycles. The molecule has 0 bridgehead atoms. The number of allylic oxidation sites excluding steroid dienone is 2. The molecule has 1 rings (SSSR count). The molecule has 0 spiro atoms. The molecular formula is C25H48BrNO. The first-order chi connectivity index (χ1) is 13.4. The van der Waals surface area contributed by atoms with E-state index in [9.17, 15) is 4.79 Å². The van der Waals surface area contributed by atoms with Crippen molar-refractivity contribution in [1.82, 2.24) is 5.32 Å². The molecule has 0 amide bonds. The minimum Gasteiger partial charge on any atom is -0.388 e. The van der Waals surface area contributed by atoms with Crippen molar-refractivity contribution in [3.8, 4) is 0 Å². The van der Waals surface area contributed by atoms with Crippen LogP contribution < -0.4 is 5.32 Å². The summed E-state index contributed by atoms with van der Waals surface area (Å²) in [7, 11) is 0. The lowest BCUT2D eigenvalue weighted by Crippen LogP contribution is -2.17. The molecule has 0 saturated heterocycles. The van der Waals surface area contributed by atoms with Gasteiger partial charge >= 0.3 is 0 Å². The predicted molar refractivity (Wildman–Crippen MR) is 129 cm³/mol. The number of halogens is 1. The van der Waals surface area contributed by atoms with Gasteiger partial charge in [-0.3, -0.25) is 4.79 Å². The highest BCUT2D eigenvalue weighted by Crippen LogP contribution is 2.37. The number of unbranched alkanes of at least 4 members (excludes halogenated alkanes) is 2. The van der Waals surface area contributed by atoms with E-state index in [1.165, 1.54) is 38.5 Å². The van der Waals surface area contributed by atoms with Crippen molar-refractivity contribution in [1.29, 1.82) is 0 Å². The predicted octanol–water partition coefficient (Wildman–Crippen LogP) is 7.91. The van der Waals surface area contributed by atoms with Crippen LogP contribution in [0.1, 0.15) is 106 Å². The maximum atomic E-state index is 12.1. The van der Waals surface area contributed by atoms with Crippen molar-refractivity contribution >= 4 is 21.7 Å². The minimum absolute atomic E-state index is 0.270. The molecule has 0 aromatic rings. The molecule has 1 saturated carbocycles. The van der Waals surface area contributed by atoms with E-state index < -0.39 is 0 Å². The average Bonchev–Trinajstić information content (AvgIpc) is 3.11. The van der Waals surface area contributed by atoms with E-state index in [1.807, 2.05) is 19.9 Å². The second-order valence-corrected chi connectivity index (χ2v) is 9.78. The van der Waals surface area contributed by atoms with Gasteiger partial charge in [-0.25, -0.2) is 0 Å². The molecule has 2 unspecified atom stereocenters. The van der Waals surface area contributed by atoms with Crippen LogP contribution in [0.3, 0.4) is 0 Å². The Morgan fingerprint density at radius 3 is 2.36 bits per heavy atom. The first kappa shape index (κ1) is 27.7. The summed E-state index contributed by atoms with van der Waals surface area (Å²) in [6.45, 7) is 14.0. The van der Waals surface area contributed by atoms with E-state index in [1.54, 1.807) is 0 Å². The van der Waals surface area contributed by atoms with Crippen LogP contribution in [0.5, 0.6) is 0 Å². The molecular weight excluding hydrogens is 410 g/mol. The Kier molecular flexibility index (Phi) is 17.3. The lowest BCUT2D eigenvalue weighted by Gasteiger charge is -2.15. The first-order valence-corrected chi connectivity index (χ1v) is 13.1. The molecule has 1 N–H and O–H groups in total. The highest BCUT2D eigenvalue weighted by molar-refractivity contribution is 9.09. The summed E-state index contributed by atoms with van der Waals surface area (Å²) in [5.41, 5.74) is 1.15. The summed E-state index contributed by atoms with van der Waals surface area (Å²) in [5, 5.41) is 4.60. The van der Waals surface area contributed by atoms with E-state index in [0.717, 1.165) is 54.6 Å². The van der Waals surface area contributed by atoms with Crippen molar-refractivity contribution in [2.24, 2.45) is 23.7 Å². The van der Waals surface area contributed by atoms with E-state index in [2.05, 4.69) is 48.9 Å². The Morgan fingerprint density at radius 1 is 1.07 bits per heavy atom. The van der Waals surface area contributed by atoms with E-state index in [4.69, 9.17) is 0 Å². The summed E-state index contributed by atoms with van der Waals surface area (Å²) in [4.78, 5) is 12.1. The lowest BCUT2D eigenvalue weighted by atomic mass is 9.92. The van der Waals surface area contributed by atoms with Crippen LogP contribution >= 0.6 is 15.9 Å². The molecule has 28 heavy (non-hydrogen) atoms. The zero-order chi connectivity index (χ0) is 21.4. The van der Waals surface area contributed by atoms with Gasteiger partial charge in [0, 0.05) is 30.1 Å². The van der Waals surface area contributed by atoms with E-state index >= 15 is 0 Å². The third-order valence-corrected chi connectivity index (χ3v) is 6.25. The Hall–Kier alpha value is -0.310. The fourth-order valence-electron chi connectivity index (χ4n) is 4.07. The van der Waals surface area contributed by atoms with Gasteiger partial charge in [-0.1, -0.05) is 76.7 Å². The molecule has 1 aliphatic carbocycles. The van der Waals surface area contributed by atoms with Gasteiger partial charge in [0.25, 0.3) is 0 Å². The van der Waals surface area contributed by atoms with Crippen LogP contribution in [0, 0.1) is 23.7 Å². The Bertz CT molecular complexity index is 417. The lowest BCUT2D eigenvalue weighted by molar-refractivity contribution is -0.115. The molecule has 1 aliphatic rings. The Morgan fingerprint density at radius 2 is 1.79 bits per heavy atom. The first-order valence-electron chi connectivity index (χ1n) is 12.0. The number of nitrogens with one attached hydrogen (secondary N) is 1. The highest BCUT2D eigenvalue weighted by atomic mass is 79.9. The van der Waals surface area contributed by atoms with Gasteiger partial charge in [-0.15, -0.1) is 0 Å². The fraction of sp³-hybridized carbons (Fsp3) is 0.880. The van der Waals surface area contributed by atoms with E-state index in [0.29, 0.717) is 12.3 Å². The zero-order valence-corrected chi connectivity index (χ0v) is 21.2. The second-order valence-electron chi connectivity index (χ2n) is 8.99. The standard InChI is InChI=1S/C23H42BrNO.C2H6/c1-18(2)15-23(26)17-22(10-5-7-13-24)25-14-8-6-9-20-11-12-21(16-20)19(3)4;1-2/h17-21,25H,5-16H2,1-4H3;1-2H3/b22-17-;. The quantitative estimate of drug-likeness (QED) is 0.163. The van der Waals surface area contributed by atoms with Crippen LogP contribution in [0.4, 0.5) is 0 Å². The summed E-state index contributed by atoms with van der Waals surface area (Å²) in [6.07, 6.45) is 14.1. The monoisotopic (exact) mass is 457 g/mol. The maximum absolute atomic E-state index is 12.1. The second kappa shape index (κ2) is 17.5. The molecule has 0 aromatic heterocycles. The van der Waals surface area contributed by atoms with Gasteiger partial charge in [0.15, 0.2) is 5.78 Å². The molecule has 0 radical (unpaired) electrons. The molecule has 2 atom stereocenters. The van der Waals surface area contributed by atoms with Crippen molar-refractivity contribution < 1.29 is 4.79 Å². The van der Waals surface area contributed by atoms with Crippen LogP contribution in [0.15, 0.2) is 11.8 Å². The largest absolute Gasteiger partial charge is 0.388 e. The van der Waals surface area contributed by atoms with Gasteiger partial charge in [-0.05, 0) is 62.2 Å². The number of hydrogen-bond acceptors (Lipinski definition) is 2. The smallest absolute Gasteiger partial charge is 0.157 e. The number of carbonyl (C=O) groups is 1. The summed E-state index contributed by atoms with van der Waals surface area (Å²) < 4.78 is 0. The van der Waals surface area contributed by atoms with Crippen molar-refractivity contribution in [3.05, 3.63) is 11.8 Å². The number of carbonyl (C=O) groups excluding carboxylic acids is 1. The SMILES string of the molecule is CC.CC(C)CC(=O)/C=C(/CCCCBr)NCCCCC1CCC(C(C)C)C1. The molecule has 166 valence electrons. The summed E-state index contributed by atoms with van der Waals surface area (Å²) in [5.74, 6) is 3.49. The normalized spacial score (nSPS) is 19.7. The third-order valence-electron chi connectivity index (χ3n) is 5.69.